The third-order valence-electron chi connectivity index (χ3n) is 2.72. The minimum Gasteiger partial charge on any atom is -0.339 e. The molecule has 0 spiro atoms. The molecule has 0 atom stereocenters. The summed E-state index contributed by atoms with van der Waals surface area (Å²) in [6, 6.07) is 0.993. The first kappa shape index (κ1) is 16.5. The van der Waals surface area contributed by atoms with E-state index in [-0.39, 0.29) is 0 Å². The summed E-state index contributed by atoms with van der Waals surface area (Å²) >= 11 is 0. The van der Waals surface area contributed by atoms with E-state index in [0.29, 0.717) is 31.6 Å². The quantitative estimate of drug-likeness (QED) is 0.895. The molecule has 1 rings (SSSR count). The van der Waals surface area contributed by atoms with Crippen molar-refractivity contribution in [2.24, 2.45) is 5.14 Å². The van der Waals surface area contributed by atoms with Crippen LogP contribution in [-0.2, 0) is 10.0 Å². The molecule has 2 N–H and O–H groups in total. The number of benzene rings is 1. The number of primary sulfonamides is 1. The molecular weight excluding hydrogens is 290 g/mol. The van der Waals surface area contributed by atoms with Crippen LogP contribution < -0.4 is 5.14 Å². The van der Waals surface area contributed by atoms with Gasteiger partial charge >= 0.3 is 0 Å². The molecule has 0 radical (unpaired) electrons. The molecule has 0 aliphatic heterocycles. The van der Waals surface area contributed by atoms with Crippen LogP contribution in [0.4, 0.5) is 8.78 Å². The summed E-state index contributed by atoms with van der Waals surface area (Å²) in [7, 11) is -4.36. The first-order valence-electron chi connectivity index (χ1n) is 6.03. The molecule has 0 saturated carbocycles. The number of hydrogen-bond acceptors (Lipinski definition) is 3. The molecule has 0 unspecified atom stereocenters. The summed E-state index contributed by atoms with van der Waals surface area (Å²) in [6.07, 6.45) is 0.657. The zero-order valence-corrected chi connectivity index (χ0v) is 12.0. The average Bonchev–Trinajstić information content (AvgIpc) is 2.33. The largest absolute Gasteiger partial charge is 0.339 e. The lowest BCUT2D eigenvalue weighted by molar-refractivity contribution is 0.0759. The van der Waals surface area contributed by atoms with Gasteiger partial charge in [-0.25, -0.2) is 22.3 Å². The van der Waals surface area contributed by atoms with Crippen molar-refractivity contribution in [3.05, 3.63) is 29.3 Å². The molecule has 112 valence electrons. The second-order valence-corrected chi connectivity index (χ2v) is 5.72. The van der Waals surface area contributed by atoms with Gasteiger partial charge in [0.05, 0.1) is 5.56 Å². The van der Waals surface area contributed by atoms with Gasteiger partial charge in [-0.3, -0.25) is 4.79 Å². The standard InChI is InChI=1S/C12H16F2N2O3S/c1-3-5-16(4-2)12(17)8-6-11(20(15,18)19)10(14)7-9(8)13/h6-7H,3-5H2,1-2H3,(H2,15,18,19). The van der Waals surface area contributed by atoms with Crippen LogP contribution in [0, 0.1) is 11.6 Å². The first-order valence-corrected chi connectivity index (χ1v) is 7.58. The molecule has 0 heterocycles. The first-order chi connectivity index (χ1) is 9.22. The van der Waals surface area contributed by atoms with Crippen LogP contribution in [0.5, 0.6) is 0 Å². The molecule has 0 bridgehead atoms. The fraction of sp³-hybridized carbons (Fsp3) is 0.417. The number of hydrogen-bond donors (Lipinski definition) is 1. The minimum atomic E-state index is -4.36. The maximum absolute atomic E-state index is 13.7. The Morgan fingerprint density at radius 1 is 1.25 bits per heavy atom. The predicted molar refractivity (Wildman–Crippen MR) is 69.6 cm³/mol. The lowest BCUT2D eigenvalue weighted by Crippen LogP contribution is -2.32. The van der Waals surface area contributed by atoms with Crippen molar-refractivity contribution in [2.45, 2.75) is 25.2 Å². The van der Waals surface area contributed by atoms with Gasteiger partial charge in [0.25, 0.3) is 5.91 Å². The molecule has 1 aromatic rings. The number of amides is 1. The topological polar surface area (TPSA) is 80.5 Å². The second kappa shape index (κ2) is 6.27. The fourth-order valence-corrected chi connectivity index (χ4v) is 2.37. The van der Waals surface area contributed by atoms with E-state index in [2.05, 4.69) is 0 Å². The fourth-order valence-electron chi connectivity index (χ4n) is 1.75. The minimum absolute atomic E-state index is 0.328. The van der Waals surface area contributed by atoms with E-state index in [0.717, 1.165) is 0 Å². The highest BCUT2D eigenvalue weighted by Gasteiger charge is 2.24. The summed E-state index contributed by atoms with van der Waals surface area (Å²) in [5.41, 5.74) is -0.509. The summed E-state index contributed by atoms with van der Waals surface area (Å²) in [6.45, 7) is 4.26. The van der Waals surface area contributed by atoms with Gasteiger partial charge in [0.2, 0.25) is 10.0 Å². The van der Waals surface area contributed by atoms with E-state index in [4.69, 9.17) is 5.14 Å². The SMILES string of the molecule is CCCN(CC)C(=O)c1cc(S(N)(=O)=O)c(F)cc1F. The molecule has 0 saturated heterocycles. The number of rotatable bonds is 5. The van der Waals surface area contributed by atoms with Crippen LogP contribution in [-0.4, -0.2) is 32.3 Å². The van der Waals surface area contributed by atoms with Crippen LogP contribution in [0.25, 0.3) is 0 Å². The van der Waals surface area contributed by atoms with Crippen LogP contribution in [0.1, 0.15) is 30.6 Å². The van der Waals surface area contributed by atoms with Crippen molar-refractivity contribution in [3.8, 4) is 0 Å². The zero-order valence-electron chi connectivity index (χ0n) is 11.2. The van der Waals surface area contributed by atoms with Gasteiger partial charge in [0, 0.05) is 19.2 Å². The monoisotopic (exact) mass is 306 g/mol. The van der Waals surface area contributed by atoms with Crippen molar-refractivity contribution in [3.63, 3.8) is 0 Å². The molecule has 5 nitrogen and oxygen atoms in total. The van der Waals surface area contributed by atoms with Crippen molar-refractivity contribution in [1.29, 1.82) is 0 Å². The van der Waals surface area contributed by atoms with Gasteiger partial charge < -0.3 is 4.90 Å². The highest BCUT2D eigenvalue weighted by atomic mass is 32.2. The number of carbonyl (C=O) groups is 1. The van der Waals surface area contributed by atoms with Crippen molar-refractivity contribution >= 4 is 15.9 Å². The van der Waals surface area contributed by atoms with Crippen molar-refractivity contribution < 1.29 is 22.0 Å². The summed E-state index contributed by atoms with van der Waals surface area (Å²) in [4.78, 5) is 12.5. The lowest BCUT2D eigenvalue weighted by Gasteiger charge is -2.20. The van der Waals surface area contributed by atoms with Gasteiger partial charge in [-0.2, -0.15) is 0 Å². The molecule has 0 fully saturated rings. The van der Waals surface area contributed by atoms with Gasteiger partial charge in [-0.05, 0) is 19.4 Å². The Hall–Kier alpha value is -1.54. The van der Waals surface area contributed by atoms with Crippen LogP contribution in [0.3, 0.4) is 0 Å². The van der Waals surface area contributed by atoms with E-state index in [1.807, 2.05) is 6.92 Å². The maximum atomic E-state index is 13.7. The van der Waals surface area contributed by atoms with E-state index < -0.39 is 38.0 Å². The highest BCUT2D eigenvalue weighted by molar-refractivity contribution is 7.89. The Kier molecular flexibility index (Phi) is 5.18. The lowest BCUT2D eigenvalue weighted by atomic mass is 10.1. The van der Waals surface area contributed by atoms with Crippen molar-refractivity contribution in [1.82, 2.24) is 4.90 Å². The van der Waals surface area contributed by atoms with E-state index in [1.54, 1.807) is 6.92 Å². The smallest absolute Gasteiger partial charge is 0.256 e. The third kappa shape index (κ3) is 3.51. The third-order valence-corrected chi connectivity index (χ3v) is 3.65. The number of halogens is 2. The predicted octanol–water partition coefficient (Wildman–Crippen LogP) is 1.48. The Bertz CT molecular complexity index is 617. The molecular formula is C12H16F2N2O3S. The maximum Gasteiger partial charge on any atom is 0.256 e. The Balaban J connectivity index is 3.35. The average molecular weight is 306 g/mol. The van der Waals surface area contributed by atoms with Gasteiger partial charge in [0.1, 0.15) is 16.5 Å². The Morgan fingerprint density at radius 3 is 2.30 bits per heavy atom. The van der Waals surface area contributed by atoms with Gasteiger partial charge in [0.15, 0.2) is 0 Å². The Morgan fingerprint density at radius 2 is 1.85 bits per heavy atom. The van der Waals surface area contributed by atoms with E-state index >= 15 is 0 Å². The molecule has 0 aliphatic rings. The summed E-state index contributed by atoms with van der Waals surface area (Å²) < 4.78 is 49.5. The van der Waals surface area contributed by atoms with Gasteiger partial charge in [-0.15, -0.1) is 0 Å². The van der Waals surface area contributed by atoms with Crippen LogP contribution in [0.15, 0.2) is 17.0 Å². The molecule has 0 aromatic heterocycles. The summed E-state index contributed by atoms with van der Waals surface area (Å²) in [5, 5.41) is 4.83. The number of nitrogens with two attached hydrogens (primary N) is 1. The number of sulfonamides is 1. The van der Waals surface area contributed by atoms with E-state index in [9.17, 15) is 22.0 Å². The summed E-state index contributed by atoms with van der Waals surface area (Å²) in [5.74, 6) is -3.13. The highest BCUT2D eigenvalue weighted by Crippen LogP contribution is 2.20. The van der Waals surface area contributed by atoms with E-state index in [1.165, 1.54) is 4.90 Å². The van der Waals surface area contributed by atoms with Gasteiger partial charge in [-0.1, -0.05) is 6.92 Å². The molecule has 1 amide bonds. The van der Waals surface area contributed by atoms with Crippen LogP contribution >= 0.6 is 0 Å². The molecule has 0 aliphatic carbocycles. The normalized spacial score (nSPS) is 11.4. The molecule has 8 heteroatoms. The number of carbonyl (C=O) groups excluding carboxylic acids is 1. The molecule has 1 aromatic carbocycles. The second-order valence-electron chi connectivity index (χ2n) is 4.19. The van der Waals surface area contributed by atoms with Crippen LogP contribution in [0.2, 0.25) is 0 Å². The number of nitrogens with zero attached hydrogens (tertiary/aromatic N) is 1. The Labute approximate surface area is 116 Å². The zero-order chi connectivity index (χ0) is 15.5. The van der Waals surface area contributed by atoms with Crippen molar-refractivity contribution in [2.75, 3.05) is 13.1 Å². The molecule has 20 heavy (non-hydrogen) atoms.